The van der Waals surface area contributed by atoms with Crippen LogP contribution in [0.2, 0.25) is 0 Å². The predicted octanol–water partition coefficient (Wildman–Crippen LogP) is 1.24. The van der Waals surface area contributed by atoms with E-state index in [1.54, 1.807) is 6.07 Å². The molecule has 0 amide bonds. The van der Waals surface area contributed by atoms with E-state index in [0.29, 0.717) is 6.29 Å². The lowest BCUT2D eigenvalue weighted by Crippen LogP contribution is -2.30. The van der Waals surface area contributed by atoms with E-state index in [1.807, 2.05) is 13.8 Å². The summed E-state index contributed by atoms with van der Waals surface area (Å²) in [4.78, 5) is 10.7. The number of thiol groups is 1. The Hall–Kier alpha value is -1.25. The highest BCUT2D eigenvalue weighted by Crippen LogP contribution is 2.36. The van der Waals surface area contributed by atoms with Crippen LogP contribution in [-0.4, -0.2) is 32.4 Å². The van der Waals surface area contributed by atoms with Crippen molar-refractivity contribution in [2.24, 2.45) is 5.92 Å². The standard InChI is InChI=1S/C13H18N2O4S2/c1-8(2)13(20)9-3-4-11(12(17)5-9)15-6-10(7-16)14-21(15,18)19/h3-5,7-8,10,13-14,17,20H,6H2,1-2H3. The van der Waals surface area contributed by atoms with Crippen molar-refractivity contribution in [3.63, 3.8) is 0 Å². The highest BCUT2D eigenvalue weighted by Gasteiger charge is 2.36. The Morgan fingerprint density at radius 2 is 2.14 bits per heavy atom. The number of phenolic OH excluding ortho intramolecular Hbond substituents is 1. The minimum absolute atomic E-state index is 0.0345. The molecule has 1 heterocycles. The van der Waals surface area contributed by atoms with E-state index in [2.05, 4.69) is 17.4 Å². The summed E-state index contributed by atoms with van der Waals surface area (Å²) < 4.78 is 27.1. The van der Waals surface area contributed by atoms with E-state index in [0.717, 1.165) is 9.87 Å². The monoisotopic (exact) mass is 330 g/mol. The van der Waals surface area contributed by atoms with Crippen molar-refractivity contribution in [1.29, 1.82) is 0 Å². The highest BCUT2D eigenvalue weighted by molar-refractivity contribution is 7.91. The van der Waals surface area contributed by atoms with Crippen LogP contribution in [0, 0.1) is 5.92 Å². The van der Waals surface area contributed by atoms with Crippen molar-refractivity contribution in [1.82, 2.24) is 4.72 Å². The molecular weight excluding hydrogens is 312 g/mol. The molecule has 0 spiro atoms. The summed E-state index contributed by atoms with van der Waals surface area (Å²) in [5.74, 6) is 0.124. The molecule has 0 saturated carbocycles. The Balaban J connectivity index is 2.36. The average Bonchev–Trinajstić information content (AvgIpc) is 2.72. The first-order valence-electron chi connectivity index (χ1n) is 6.52. The van der Waals surface area contributed by atoms with Gasteiger partial charge in [0.15, 0.2) is 0 Å². The lowest BCUT2D eigenvalue weighted by Gasteiger charge is -2.20. The van der Waals surface area contributed by atoms with Crippen LogP contribution in [0.3, 0.4) is 0 Å². The first-order chi connectivity index (χ1) is 9.76. The van der Waals surface area contributed by atoms with Gasteiger partial charge < -0.3 is 9.90 Å². The summed E-state index contributed by atoms with van der Waals surface area (Å²) in [6.45, 7) is 3.98. The molecule has 1 aromatic rings. The van der Waals surface area contributed by atoms with Crippen molar-refractivity contribution >= 4 is 34.8 Å². The van der Waals surface area contributed by atoms with Gasteiger partial charge in [-0.15, -0.1) is 0 Å². The van der Waals surface area contributed by atoms with Gasteiger partial charge in [-0.1, -0.05) is 19.9 Å². The van der Waals surface area contributed by atoms with Crippen LogP contribution in [0.15, 0.2) is 18.2 Å². The summed E-state index contributed by atoms with van der Waals surface area (Å²) in [5, 5.41) is 10.1. The fourth-order valence-electron chi connectivity index (χ4n) is 2.19. The van der Waals surface area contributed by atoms with Crippen molar-refractivity contribution in [3.8, 4) is 5.75 Å². The third-order valence-corrected chi connectivity index (χ3v) is 5.78. The quantitative estimate of drug-likeness (QED) is 0.573. The lowest BCUT2D eigenvalue weighted by atomic mass is 10.0. The molecule has 1 aliphatic heterocycles. The Kier molecular flexibility index (Phi) is 4.50. The largest absolute Gasteiger partial charge is 0.506 e. The molecule has 116 valence electrons. The topological polar surface area (TPSA) is 86.7 Å². The second-order valence-corrected chi connectivity index (χ2v) is 7.52. The number of carbonyl (C=O) groups excluding carboxylic acids is 1. The molecule has 6 nitrogen and oxygen atoms in total. The fraction of sp³-hybridized carbons (Fsp3) is 0.462. The van der Waals surface area contributed by atoms with E-state index in [-0.39, 0.29) is 29.1 Å². The van der Waals surface area contributed by atoms with Gasteiger partial charge in [0.2, 0.25) is 0 Å². The predicted molar refractivity (Wildman–Crippen MR) is 83.9 cm³/mol. The molecule has 8 heteroatoms. The average molecular weight is 330 g/mol. The van der Waals surface area contributed by atoms with Gasteiger partial charge in [0, 0.05) is 5.25 Å². The summed E-state index contributed by atoms with van der Waals surface area (Å²) >= 11 is 4.47. The second-order valence-electron chi connectivity index (χ2n) is 5.33. The molecule has 1 saturated heterocycles. The Bertz CT molecular complexity index is 646. The Morgan fingerprint density at radius 3 is 2.62 bits per heavy atom. The van der Waals surface area contributed by atoms with Crippen LogP contribution in [0.4, 0.5) is 5.69 Å². The minimum atomic E-state index is -3.80. The summed E-state index contributed by atoms with van der Waals surface area (Å²) in [6, 6.07) is 3.97. The molecule has 2 unspecified atom stereocenters. The van der Waals surface area contributed by atoms with Gasteiger partial charge in [0.1, 0.15) is 12.0 Å². The zero-order chi connectivity index (χ0) is 15.8. The third kappa shape index (κ3) is 3.17. The summed E-state index contributed by atoms with van der Waals surface area (Å²) in [6.07, 6.45) is 0.533. The number of benzene rings is 1. The first-order valence-corrected chi connectivity index (χ1v) is 8.48. The van der Waals surface area contributed by atoms with Gasteiger partial charge in [-0.25, -0.2) is 0 Å². The van der Waals surface area contributed by atoms with E-state index in [4.69, 9.17) is 0 Å². The first kappa shape index (κ1) is 16.1. The Morgan fingerprint density at radius 1 is 1.48 bits per heavy atom. The number of hydrogen-bond acceptors (Lipinski definition) is 5. The van der Waals surface area contributed by atoms with Gasteiger partial charge in [0.05, 0.1) is 18.3 Å². The smallest absolute Gasteiger partial charge is 0.302 e. The maximum atomic E-state index is 11.9. The number of aldehydes is 1. The molecule has 2 rings (SSSR count). The van der Waals surface area contributed by atoms with Gasteiger partial charge >= 0.3 is 10.2 Å². The number of carbonyl (C=O) groups is 1. The number of nitrogens with zero attached hydrogens (tertiary/aromatic N) is 1. The van der Waals surface area contributed by atoms with E-state index in [9.17, 15) is 18.3 Å². The van der Waals surface area contributed by atoms with Gasteiger partial charge in [-0.05, 0) is 23.6 Å². The molecule has 1 aliphatic rings. The maximum Gasteiger partial charge on any atom is 0.302 e. The highest BCUT2D eigenvalue weighted by atomic mass is 32.2. The van der Waals surface area contributed by atoms with Crippen LogP contribution in [0.5, 0.6) is 5.75 Å². The summed E-state index contributed by atoms with van der Waals surface area (Å²) in [5.41, 5.74) is 0.964. The van der Waals surface area contributed by atoms with Gasteiger partial charge in [0.25, 0.3) is 0 Å². The summed E-state index contributed by atoms with van der Waals surface area (Å²) in [7, 11) is -3.80. The molecule has 2 atom stereocenters. The molecule has 0 radical (unpaired) electrons. The van der Waals surface area contributed by atoms with Crippen LogP contribution < -0.4 is 9.03 Å². The molecular formula is C13H18N2O4S2. The second kappa shape index (κ2) is 5.86. The normalized spacial score (nSPS) is 22.5. The van der Waals surface area contributed by atoms with Crippen molar-refractivity contribution in [3.05, 3.63) is 23.8 Å². The molecule has 21 heavy (non-hydrogen) atoms. The molecule has 1 fully saturated rings. The molecule has 0 bridgehead atoms. The SMILES string of the molecule is CC(C)C(S)c1ccc(N2CC(C=O)NS2(=O)=O)c(O)c1. The zero-order valence-electron chi connectivity index (χ0n) is 11.7. The molecule has 0 aliphatic carbocycles. The zero-order valence-corrected chi connectivity index (χ0v) is 13.4. The van der Waals surface area contributed by atoms with E-state index >= 15 is 0 Å². The lowest BCUT2D eigenvalue weighted by molar-refractivity contribution is -0.108. The molecule has 0 aromatic heterocycles. The van der Waals surface area contributed by atoms with E-state index in [1.165, 1.54) is 12.1 Å². The molecule has 2 N–H and O–H groups in total. The number of rotatable bonds is 4. The maximum absolute atomic E-state index is 11.9. The number of anilines is 1. The van der Waals surface area contributed by atoms with Gasteiger partial charge in [-0.2, -0.15) is 25.8 Å². The van der Waals surface area contributed by atoms with E-state index < -0.39 is 16.3 Å². The number of aromatic hydroxyl groups is 1. The minimum Gasteiger partial charge on any atom is -0.506 e. The number of nitrogens with one attached hydrogen (secondary N) is 1. The van der Waals surface area contributed by atoms with Crippen LogP contribution in [0.1, 0.15) is 24.7 Å². The Labute approximate surface area is 129 Å². The molecule has 1 aromatic carbocycles. The third-order valence-electron chi connectivity index (χ3n) is 3.36. The van der Waals surface area contributed by atoms with Crippen molar-refractivity contribution in [2.45, 2.75) is 25.1 Å². The van der Waals surface area contributed by atoms with Gasteiger partial charge in [-0.3, -0.25) is 4.31 Å². The number of hydrogen-bond donors (Lipinski definition) is 3. The van der Waals surface area contributed by atoms with Crippen LogP contribution >= 0.6 is 12.6 Å². The van der Waals surface area contributed by atoms with Crippen molar-refractivity contribution in [2.75, 3.05) is 10.8 Å². The van der Waals surface area contributed by atoms with Crippen molar-refractivity contribution < 1.29 is 18.3 Å². The fourth-order valence-corrected chi connectivity index (χ4v) is 3.76. The van der Waals surface area contributed by atoms with Crippen LogP contribution in [-0.2, 0) is 15.0 Å². The van der Waals surface area contributed by atoms with Crippen LogP contribution in [0.25, 0.3) is 0 Å². The number of phenols is 1.